The van der Waals surface area contributed by atoms with Gasteiger partial charge in [0.25, 0.3) is 0 Å². The minimum atomic E-state index is 0.00753. The molecule has 0 fully saturated rings. The predicted octanol–water partition coefficient (Wildman–Crippen LogP) is 1.12. The third-order valence-electron chi connectivity index (χ3n) is 1.19. The lowest BCUT2D eigenvalue weighted by atomic mass is 10.4. The lowest BCUT2D eigenvalue weighted by Crippen LogP contribution is -2.32. The summed E-state index contributed by atoms with van der Waals surface area (Å²) in [6.07, 6.45) is 3.37. The van der Waals surface area contributed by atoms with Crippen LogP contribution in [0.1, 0.15) is 0 Å². The number of hydrogen-bond donors (Lipinski definition) is 1. The monoisotopic (exact) mass is 171 g/mol. The van der Waals surface area contributed by atoms with Crippen LogP contribution in [0.5, 0.6) is 0 Å². The molecule has 0 atom stereocenters. The van der Waals surface area contributed by atoms with Crippen LogP contribution in [0.25, 0.3) is 0 Å². The molecule has 0 rings (SSSR count). The SMILES string of the molecule is C=CCN(CC=C)C(=O)CS. The second-order valence-corrected chi connectivity index (χ2v) is 2.35. The molecule has 1 amide bonds. The quantitative estimate of drug-likeness (QED) is 0.485. The van der Waals surface area contributed by atoms with Gasteiger partial charge in [0.05, 0.1) is 5.75 Å². The van der Waals surface area contributed by atoms with Gasteiger partial charge in [-0.15, -0.1) is 13.2 Å². The number of nitrogens with zero attached hydrogens (tertiary/aromatic N) is 1. The summed E-state index contributed by atoms with van der Waals surface area (Å²) in [5, 5.41) is 0. The summed E-state index contributed by atoms with van der Waals surface area (Å²) in [5.74, 6) is 0.245. The van der Waals surface area contributed by atoms with E-state index < -0.39 is 0 Å². The summed E-state index contributed by atoms with van der Waals surface area (Å²) in [6, 6.07) is 0. The van der Waals surface area contributed by atoms with E-state index in [1.807, 2.05) is 0 Å². The Hall–Kier alpha value is -0.700. The average molecular weight is 171 g/mol. The van der Waals surface area contributed by atoms with Gasteiger partial charge in [0, 0.05) is 13.1 Å². The van der Waals surface area contributed by atoms with Crippen molar-refractivity contribution in [3.63, 3.8) is 0 Å². The van der Waals surface area contributed by atoms with Crippen molar-refractivity contribution in [1.82, 2.24) is 4.90 Å². The van der Waals surface area contributed by atoms with Gasteiger partial charge in [-0.2, -0.15) is 12.6 Å². The lowest BCUT2D eigenvalue weighted by Gasteiger charge is -2.17. The van der Waals surface area contributed by atoms with E-state index in [1.54, 1.807) is 17.1 Å². The molecule has 0 saturated carbocycles. The zero-order chi connectivity index (χ0) is 8.69. The fourth-order valence-corrected chi connectivity index (χ4v) is 0.890. The van der Waals surface area contributed by atoms with Gasteiger partial charge in [-0.1, -0.05) is 12.2 Å². The van der Waals surface area contributed by atoms with Crippen molar-refractivity contribution in [3.8, 4) is 0 Å². The van der Waals surface area contributed by atoms with Crippen LogP contribution in [0.3, 0.4) is 0 Å². The van der Waals surface area contributed by atoms with Crippen molar-refractivity contribution in [2.75, 3.05) is 18.8 Å². The Morgan fingerprint density at radius 3 is 2.09 bits per heavy atom. The predicted molar refractivity (Wildman–Crippen MR) is 50.8 cm³/mol. The van der Waals surface area contributed by atoms with E-state index in [-0.39, 0.29) is 11.7 Å². The third kappa shape index (κ3) is 3.88. The van der Waals surface area contributed by atoms with Gasteiger partial charge in [-0.3, -0.25) is 4.79 Å². The first-order chi connectivity index (χ1) is 5.26. The molecule has 0 radical (unpaired) electrons. The third-order valence-corrected chi connectivity index (χ3v) is 1.46. The van der Waals surface area contributed by atoms with Gasteiger partial charge in [0.1, 0.15) is 0 Å². The van der Waals surface area contributed by atoms with Crippen LogP contribution >= 0.6 is 12.6 Å². The number of thiol groups is 1. The first-order valence-electron chi connectivity index (χ1n) is 3.36. The first-order valence-corrected chi connectivity index (χ1v) is 4.00. The van der Waals surface area contributed by atoms with Gasteiger partial charge >= 0.3 is 0 Å². The van der Waals surface area contributed by atoms with E-state index in [0.29, 0.717) is 13.1 Å². The fourth-order valence-electron chi connectivity index (χ4n) is 0.690. The molecule has 0 N–H and O–H groups in total. The summed E-state index contributed by atoms with van der Waals surface area (Å²) in [7, 11) is 0. The molecule has 0 bridgehead atoms. The largest absolute Gasteiger partial charge is 0.335 e. The molecular formula is C8H13NOS. The second-order valence-electron chi connectivity index (χ2n) is 2.03. The van der Waals surface area contributed by atoms with Crippen molar-refractivity contribution in [3.05, 3.63) is 25.3 Å². The Bertz CT molecular complexity index is 146. The fraction of sp³-hybridized carbons (Fsp3) is 0.375. The van der Waals surface area contributed by atoms with Crippen LogP contribution in [0, 0.1) is 0 Å². The van der Waals surface area contributed by atoms with Crippen molar-refractivity contribution >= 4 is 18.5 Å². The van der Waals surface area contributed by atoms with Crippen molar-refractivity contribution < 1.29 is 4.79 Å². The van der Waals surface area contributed by atoms with Gasteiger partial charge in [-0.25, -0.2) is 0 Å². The molecule has 0 saturated heterocycles. The summed E-state index contributed by atoms with van der Waals surface area (Å²) in [4.78, 5) is 12.7. The van der Waals surface area contributed by atoms with Gasteiger partial charge in [0.2, 0.25) is 5.91 Å². The molecule has 0 aromatic rings. The molecule has 0 heterocycles. The molecule has 0 aliphatic rings. The van der Waals surface area contributed by atoms with E-state index >= 15 is 0 Å². The Labute approximate surface area is 73.0 Å². The zero-order valence-electron chi connectivity index (χ0n) is 6.49. The van der Waals surface area contributed by atoms with E-state index in [2.05, 4.69) is 25.8 Å². The van der Waals surface area contributed by atoms with Crippen molar-refractivity contribution in [2.45, 2.75) is 0 Å². The number of rotatable bonds is 5. The number of carbonyl (C=O) groups excluding carboxylic acids is 1. The molecule has 0 aromatic heterocycles. The van der Waals surface area contributed by atoms with E-state index in [1.165, 1.54) is 0 Å². The van der Waals surface area contributed by atoms with Gasteiger partial charge in [0.15, 0.2) is 0 Å². The van der Waals surface area contributed by atoms with Crippen LogP contribution in [-0.2, 0) is 4.79 Å². The maximum Gasteiger partial charge on any atom is 0.232 e. The minimum absolute atomic E-state index is 0.00753. The summed E-state index contributed by atoms with van der Waals surface area (Å²) in [5.41, 5.74) is 0. The van der Waals surface area contributed by atoms with E-state index in [9.17, 15) is 4.79 Å². The van der Waals surface area contributed by atoms with E-state index in [4.69, 9.17) is 0 Å². The Balaban J connectivity index is 3.95. The molecular weight excluding hydrogens is 158 g/mol. The Kier molecular flexibility index (Phi) is 5.65. The topological polar surface area (TPSA) is 20.3 Å². The Morgan fingerprint density at radius 2 is 1.82 bits per heavy atom. The normalized spacial score (nSPS) is 8.82. The van der Waals surface area contributed by atoms with Crippen LogP contribution in [0.15, 0.2) is 25.3 Å². The molecule has 0 aromatic carbocycles. The highest BCUT2D eigenvalue weighted by Gasteiger charge is 2.06. The molecule has 0 aliphatic carbocycles. The van der Waals surface area contributed by atoms with Crippen LogP contribution in [0.4, 0.5) is 0 Å². The standard InChI is InChI=1S/C8H13NOS/c1-3-5-9(6-4-2)8(10)7-11/h3-4,11H,1-2,5-7H2. The first kappa shape index (κ1) is 10.3. The summed E-state index contributed by atoms with van der Waals surface area (Å²) in [6.45, 7) is 8.21. The molecule has 0 aliphatic heterocycles. The smallest absolute Gasteiger partial charge is 0.232 e. The highest BCUT2D eigenvalue weighted by Crippen LogP contribution is 1.92. The van der Waals surface area contributed by atoms with Crippen LogP contribution < -0.4 is 0 Å². The molecule has 2 nitrogen and oxygen atoms in total. The van der Waals surface area contributed by atoms with Crippen LogP contribution in [-0.4, -0.2) is 29.6 Å². The zero-order valence-corrected chi connectivity index (χ0v) is 7.39. The van der Waals surface area contributed by atoms with Crippen molar-refractivity contribution in [2.24, 2.45) is 0 Å². The van der Waals surface area contributed by atoms with Crippen LogP contribution in [0.2, 0.25) is 0 Å². The lowest BCUT2D eigenvalue weighted by molar-refractivity contribution is -0.127. The summed E-state index contributed by atoms with van der Waals surface area (Å²) < 4.78 is 0. The number of carbonyl (C=O) groups is 1. The van der Waals surface area contributed by atoms with Crippen molar-refractivity contribution in [1.29, 1.82) is 0 Å². The molecule has 11 heavy (non-hydrogen) atoms. The number of hydrogen-bond acceptors (Lipinski definition) is 2. The number of amides is 1. The molecule has 62 valence electrons. The highest BCUT2D eigenvalue weighted by atomic mass is 32.1. The summed E-state index contributed by atoms with van der Waals surface area (Å²) >= 11 is 3.88. The maximum absolute atomic E-state index is 11.0. The minimum Gasteiger partial charge on any atom is -0.335 e. The Morgan fingerprint density at radius 1 is 1.36 bits per heavy atom. The maximum atomic E-state index is 11.0. The van der Waals surface area contributed by atoms with E-state index in [0.717, 1.165) is 0 Å². The van der Waals surface area contributed by atoms with Gasteiger partial charge < -0.3 is 4.90 Å². The average Bonchev–Trinajstić information content (AvgIpc) is 2.03. The highest BCUT2D eigenvalue weighted by molar-refractivity contribution is 7.81. The molecule has 3 heteroatoms. The molecule has 0 spiro atoms. The second kappa shape index (κ2) is 6.04. The van der Waals surface area contributed by atoms with Gasteiger partial charge in [-0.05, 0) is 0 Å². The molecule has 0 unspecified atom stereocenters.